The quantitative estimate of drug-likeness (QED) is 0.810. The number of nitrogens with zero attached hydrogens (tertiary/aromatic N) is 1. The number of para-hydroxylation sites is 1. The van der Waals surface area contributed by atoms with E-state index in [2.05, 4.69) is 5.32 Å². The number of carbonyl (C=O) groups excluding carboxylic acids is 2. The van der Waals surface area contributed by atoms with Gasteiger partial charge in [-0.3, -0.25) is 9.59 Å². The maximum Gasteiger partial charge on any atom is 0.253 e. The lowest BCUT2D eigenvalue weighted by Gasteiger charge is -2.21. The normalized spacial score (nSPS) is 16.5. The van der Waals surface area contributed by atoms with Crippen LogP contribution in [-0.4, -0.2) is 36.6 Å². The Morgan fingerprint density at radius 2 is 2.00 bits per heavy atom. The van der Waals surface area contributed by atoms with E-state index in [0.29, 0.717) is 11.3 Å². The molecule has 126 valence electrons. The molecule has 0 heterocycles. The Morgan fingerprint density at radius 1 is 1.35 bits per heavy atom. The van der Waals surface area contributed by atoms with Crippen LogP contribution in [0.5, 0.6) is 0 Å². The third-order valence-electron chi connectivity index (χ3n) is 4.54. The minimum Gasteiger partial charge on any atom is -0.391 e. The van der Waals surface area contributed by atoms with Crippen LogP contribution in [0.3, 0.4) is 0 Å². The first-order valence-electron chi connectivity index (χ1n) is 8.28. The number of hydrogen-bond donors (Lipinski definition) is 2. The van der Waals surface area contributed by atoms with Crippen molar-refractivity contribution in [2.24, 2.45) is 11.8 Å². The van der Waals surface area contributed by atoms with Gasteiger partial charge in [0.15, 0.2) is 0 Å². The van der Waals surface area contributed by atoms with Crippen LogP contribution in [-0.2, 0) is 4.79 Å². The highest BCUT2D eigenvalue weighted by molar-refractivity contribution is 6.05. The van der Waals surface area contributed by atoms with Crippen LogP contribution in [0.4, 0.5) is 5.69 Å². The molecule has 0 bridgehead atoms. The van der Waals surface area contributed by atoms with E-state index in [0.717, 1.165) is 19.3 Å². The van der Waals surface area contributed by atoms with E-state index in [4.69, 9.17) is 0 Å². The summed E-state index contributed by atoms with van der Waals surface area (Å²) >= 11 is 0. The summed E-state index contributed by atoms with van der Waals surface area (Å²) in [5.41, 5.74) is 1.07. The predicted octanol–water partition coefficient (Wildman–Crippen LogP) is 2.20. The highest BCUT2D eigenvalue weighted by Crippen LogP contribution is 2.33. The summed E-state index contributed by atoms with van der Waals surface area (Å²) in [4.78, 5) is 26.2. The molecular formula is C18H26N2O3. The van der Waals surface area contributed by atoms with Gasteiger partial charge in [0.05, 0.1) is 17.4 Å². The molecule has 2 atom stereocenters. The maximum atomic E-state index is 12.4. The number of carbonyl (C=O) groups is 2. The zero-order valence-electron chi connectivity index (χ0n) is 14.1. The van der Waals surface area contributed by atoms with Gasteiger partial charge in [-0.25, -0.2) is 0 Å². The Bertz CT molecular complexity index is 569. The van der Waals surface area contributed by atoms with Crippen molar-refractivity contribution < 1.29 is 14.7 Å². The number of aliphatic hydroxyl groups excluding tert-OH is 1. The summed E-state index contributed by atoms with van der Waals surface area (Å²) in [6.45, 7) is 4.17. The monoisotopic (exact) mass is 318 g/mol. The zero-order chi connectivity index (χ0) is 17.0. The lowest BCUT2D eigenvalue weighted by molar-refractivity contribution is -0.119. The topological polar surface area (TPSA) is 69.6 Å². The van der Waals surface area contributed by atoms with Gasteiger partial charge in [0.1, 0.15) is 0 Å². The fraction of sp³-hybridized carbons (Fsp3) is 0.556. The van der Waals surface area contributed by atoms with Crippen molar-refractivity contribution in [2.45, 2.75) is 39.2 Å². The number of aliphatic hydroxyl groups is 1. The van der Waals surface area contributed by atoms with Gasteiger partial charge < -0.3 is 15.3 Å². The van der Waals surface area contributed by atoms with Crippen LogP contribution in [0.2, 0.25) is 0 Å². The summed E-state index contributed by atoms with van der Waals surface area (Å²) in [5, 5.41) is 12.7. The molecule has 1 aromatic carbocycles. The molecule has 1 saturated carbocycles. The SMILES string of the molecule is CCC(C)C(O)CNC(=O)c1ccccc1N(C)C(=O)C1CC1. The summed E-state index contributed by atoms with van der Waals surface area (Å²) in [6.07, 6.45) is 2.14. The largest absolute Gasteiger partial charge is 0.391 e. The summed E-state index contributed by atoms with van der Waals surface area (Å²) < 4.78 is 0. The standard InChI is InChI=1S/C18H26N2O3/c1-4-12(2)16(21)11-19-17(22)14-7-5-6-8-15(14)20(3)18(23)13-9-10-13/h5-8,12-13,16,21H,4,9-11H2,1-3H3,(H,19,22). The summed E-state index contributed by atoms with van der Waals surface area (Å²) in [7, 11) is 1.71. The van der Waals surface area contributed by atoms with Crippen molar-refractivity contribution >= 4 is 17.5 Å². The van der Waals surface area contributed by atoms with Gasteiger partial charge in [-0.05, 0) is 30.9 Å². The fourth-order valence-electron chi connectivity index (χ4n) is 2.45. The average molecular weight is 318 g/mol. The highest BCUT2D eigenvalue weighted by atomic mass is 16.3. The number of benzene rings is 1. The molecule has 2 unspecified atom stereocenters. The second kappa shape index (κ2) is 7.59. The molecule has 0 spiro atoms. The molecule has 0 saturated heterocycles. The lowest BCUT2D eigenvalue weighted by Crippen LogP contribution is -2.36. The van der Waals surface area contributed by atoms with E-state index in [1.807, 2.05) is 19.9 Å². The van der Waals surface area contributed by atoms with Crippen molar-refractivity contribution in [2.75, 3.05) is 18.5 Å². The number of nitrogens with one attached hydrogen (secondary N) is 1. The Morgan fingerprint density at radius 3 is 2.61 bits per heavy atom. The Kier molecular flexibility index (Phi) is 5.77. The molecule has 5 nitrogen and oxygen atoms in total. The van der Waals surface area contributed by atoms with E-state index in [1.54, 1.807) is 30.1 Å². The van der Waals surface area contributed by atoms with Gasteiger partial charge in [-0.2, -0.15) is 0 Å². The third kappa shape index (κ3) is 4.32. The number of rotatable bonds is 7. The van der Waals surface area contributed by atoms with Crippen LogP contribution in [0.25, 0.3) is 0 Å². The molecule has 23 heavy (non-hydrogen) atoms. The van der Waals surface area contributed by atoms with E-state index < -0.39 is 6.10 Å². The van der Waals surface area contributed by atoms with Crippen LogP contribution < -0.4 is 10.2 Å². The maximum absolute atomic E-state index is 12.4. The van der Waals surface area contributed by atoms with Gasteiger partial charge in [0.2, 0.25) is 5.91 Å². The third-order valence-corrected chi connectivity index (χ3v) is 4.54. The molecule has 2 rings (SSSR count). The Hall–Kier alpha value is -1.88. The van der Waals surface area contributed by atoms with Crippen LogP contribution in [0.15, 0.2) is 24.3 Å². The second-order valence-corrected chi connectivity index (χ2v) is 6.35. The number of hydrogen-bond acceptors (Lipinski definition) is 3. The first kappa shape index (κ1) is 17.5. The van der Waals surface area contributed by atoms with Crippen molar-refractivity contribution in [3.8, 4) is 0 Å². The molecule has 1 aliphatic rings. The van der Waals surface area contributed by atoms with Gasteiger partial charge in [-0.15, -0.1) is 0 Å². The zero-order valence-corrected chi connectivity index (χ0v) is 14.1. The molecule has 1 aliphatic carbocycles. The smallest absolute Gasteiger partial charge is 0.253 e. The summed E-state index contributed by atoms with van der Waals surface area (Å²) in [5.74, 6) is 0.0243. The second-order valence-electron chi connectivity index (χ2n) is 6.35. The molecule has 2 amide bonds. The van der Waals surface area contributed by atoms with E-state index in [1.165, 1.54) is 0 Å². The lowest BCUT2D eigenvalue weighted by atomic mass is 10.0. The van der Waals surface area contributed by atoms with Crippen molar-refractivity contribution in [1.29, 1.82) is 0 Å². The van der Waals surface area contributed by atoms with E-state index in [-0.39, 0.29) is 30.2 Å². The Balaban J connectivity index is 2.06. The van der Waals surface area contributed by atoms with Gasteiger partial charge in [-0.1, -0.05) is 32.4 Å². The average Bonchev–Trinajstić information content (AvgIpc) is 3.42. The minimum absolute atomic E-state index is 0.0601. The highest BCUT2D eigenvalue weighted by Gasteiger charge is 2.33. The molecular weight excluding hydrogens is 292 g/mol. The molecule has 0 aliphatic heterocycles. The number of anilines is 1. The fourth-order valence-corrected chi connectivity index (χ4v) is 2.45. The molecule has 1 fully saturated rings. The molecule has 2 N–H and O–H groups in total. The first-order chi connectivity index (χ1) is 11.0. The van der Waals surface area contributed by atoms with Crippen LogP contribution in [0.1, 0.15) is 43.5 Å². The minimum atomic E-state index is -0.568. The molecule has 0 radical (unpaired) electrons. The predicted molar refractivity (Wildman–Crippen MR) is 90.4 cm³/mol. The summed E-state index contributed by atoms with van der Waals surface area (Å²) in [6, 6.07) is 7.08. The van der Waals surface area contributed by atoms with Crippen LogP contribution in [0, 0.1) is 11.8 Å². The van der Waals surface area contributed by atoms with Crippen LogP contribution >= 0.6 is 0 Å². The van der Waals surface area contributed by atoms with Crippen molar-refractivity contribution in [1.82, 2.24) is 5.32 Å². The number of amides is 2. The van der Waals surface area contributed by atoms with Gasteiger partial charge >= 0.3 is 0 Å². The van der Waals surface area contributed by atoms with E-state index >= 15 is 0 Å². The van der Waals surface area contributed by atoms with E-state index in [9.17, 15) is 14.7 Å². The Labute approximate surface area is 137 Å². The molecule has 5 heteroatoms. The molecule has 1 aromatic rings. The molecule has 0 aromatic heterocycles. The van der Waals surface area contributed by atoms with Gasteiger partial charge in [0, 0.05) is 19.5 Å². The first-order valence-corrected chi connectivity index (χ1v) is 8.28. The van der Waals surface area contributed by atoms with Crippen molar-refractivity contribution in [3.63, 3.8) is 0 Å². The van der Waals surface area contributed by atoms with Crippen molar-refractivity contribution in [3.05, 3.63) is 29.8 Å². The van der Waals surface area contributed by atoms with Gasteiger partial charge in [0.25, 0.3) is 5.91 Å².